The van der Waals surface area contributed by atoms with E-state index >= 15 is 0 Å². The summed E-state index contributed by atoms with van der Waals surface area (Å²) in [5.41, 5.74) is 1.79. The lowest BCUT2D eigenvalue weighted by Crippen LogP contribution is -2.29. The molecule has 0 spiro atoms. The van der Waals surface area contributed by atoms with Gasteiger partial charge < -0.3 is 4.90 Å². The molecule has 0 N–H and O–H groups in total. The van der Waals surface area contributed by atoms with E-state index in [1.165, 1.54) is 4.48 Å². The van der Waals surface area contributed by atoms with E-state index in [9.17, 15) is 4.79 Å². The summed E-state index contributed by atoms with van der Waals surface area (Å²) >= 11 is 3.50. The molecule has 0 amide bonds. The Labute approximate surface area is 97.7 Å². The second-order valence-electron chi connectivity index (χ2n) is 3.54. The highest BCUT2D eigenvalue weighted by atomic mass is 79.9. The van der Waals surface area contributed by atoms with E-state index in [1.54, 1.807) is 0 Å². The number of anilines is 1. The molecule has 0 fully saturated rings. The number of aldehydes is 1. The van der Waals surface area contributed by atoms with E-state index in [1.807, 2.05) is 24.3 Å². The van der Waals surface area contributed by atoms with Gasteiger partial charge in [0.25, 0.3) is 0 Å². The van der Waals surface area contributed by atoms with E-state index in [0.717, 1.165) is 37.0 Å². The molecule has 15 heavy (non-hydrogen) atoms. The molecule has 0 aromatic heterocycles. The number of carbonyl (C=O) groups excluding carboxylic acids is 1. The maximum Gasteiger partial charge on any atom is 0.152 e. The van der Waals surface area contributed by atoms with Gasteiger partial charge >= 0.3 is 0 Å². The normalized spacial score (nSPS) is 16.1. The third kappa shape index (κ3) is 2.29. The summed E-state index contributed by atoms with van der Waals surface area (Å²) < 4.78 is 1.19. The topological polar surface area (TPSA) is 20.3 Å². The van der Waals surface area contributed by atoms with E-state index in [-0.39, 0.29) is 0 Å². The third-order valence-corrected chi connectivity index (χ3v) is 3.09. The Morgan fingerprint density at radius 1 is 1.33 bits per heavy atom. The quantitative estimate of drug-likeness (QED) is 0.767. The molecule has 0 saturated heterocycles. The highest BCUT2D eigenvalue weighted by Gasteiger charge is 2.13. The van der Waals surface area contributed by atoms with Gasteiger partial charge in [0.15, 0.2) is 6.29 Å². The summed E-state index contributed by atoms with van der Waals surface area (Å²) in [4.78, 5) is 13.1. The molecule has 78 valence electrons. The Morgan fingerprint density at radius 3 is 2.87 bits per heavy atom. The molecule has 1 aromatic carbocycles. The summed E-state index contributed by atoms with van der Waals surface area (Å²) in [6, 6.07) is 7.71. The molecule has 1 aliphatic heterocycles. The van der Waals surface area contributed by atoms with Crippen LogP contribution in [0.5, 0.6) is 0 Å². The maximum absolute atomic E-state index is 10.9. The van der Waals surface area contributed by atoms with Crippen molar-refractivity contribution in [1.29, 1.82) is 0 Å². The molecule has 0 saturated carbocycles. The monoisotopic (exact) mass is 265 g/mol. The van der Waals surface area contributed by atoms with Crippen molar-refractivity contribution in [3.63, 3.8) is 0 Å². The molecule has 0 unspecified atom stereocenters. The van der Waals surface area contributed by atoms with Crippen molar-refractivity contribution in [2.24, 2.45) is 0 Å². The van der Waals surface area contributed by atoms with Gasteiger partial charge in [-0.25, -0.2) is 0 Å². The molecule has 2 rings (SSSR count). The molecule has 1 heterocycles. The molecule has 0 bridgehead atoms. The van der Waals surface area contributed by atoms with Gasteiger partial charge in [0, 0.05) is 28.8 Å². The van der Waals surface area contributed by atoms with Gasteiger partial charge in [-0.05, 0) is 18.6 Å². The molecule has 1 aliphatic rings. The number of halogens is 1. The Bertz CT molecular complexity index is 400. The van der Waals surface area contributed by atoms with Crippen LogP contribution < -0.4 is 4.90 Å². The van der Waals surface area contributed by atoms with Crippen molar-refractivity contribution in [3.8, 4) is 0 Å². The van der Waals surface area contributed by atoms with Crippen molar-refractivity contribution in [3.05, 3.63) is 40.4 Å². The number of para-hydroxylation sites is 1. The van der Waals surface area contributed by atoms with Gasteiger partial charge in [-0.15, -0.1) is 0 Å². The Morgan fingerprint density at radius 2 is 2.13 bits per heavy atom. The predicted octanol–water partition coefficient (Wildman–Crippen LogP) is 2.99. The Kier molecular flexibility index (Phi) is 3.21. The average Bonchev–Trinajstić information content (AvgIpc) is 2.29. The van der Waals surface area contributed by atoms with Gasteiger partial charge in [-0.2, -0.15) is 0 Å². The summed E-state index contributed by atoms with van der Waals surface area (Å²) in [6.07, 6.45) is 4.12. The van der Waals surface area contributed by atoms with Crippen LogP contribution in [-0.2, 0) is 0 Å². The first-order valence-corrected chi connectivity index (χ1v) is 5.74. The first-order valence-electron chi connectivity index (χ1n) is 4.95. The van der Waals surface area contributed by atoms with Gasteiger partial charge in [-0.3, -0.25) is 4.79 Å². The number of carbonyl (C=O) groups is 1. The first kappa shape index (κ1) is 10.4. The summed E-state index contributed by atoms with van der Waals surface area (Å²) in [5, 5.41) is 0. The van der Waals surface area contributed by atoms with Crippen molar-refractivity contribution in [2.45, 2.75) is 6.42 Å². The lowest BCUT2D eigenvalue weighted by molar-refractivity contribution is 0.112. The zero-order chi connectivity index (χ0) is 10.7. The maximum atomic E-state index is 10.9. The van der Waals surface area contributed by atoms with Crippen molar-refractivity contribution in [2.75, 3.05) is 18.0 Å². The highest BCUT2D eigenvalue weighted by molar-refractivity contribution is 9.11. The second-order valence-corrected chi connectivity index (χ2v) is 4.56. The molecular formula is C12H12BrNO. The SMILES string of the molecule is O=Cc1ccccc1N1CCC=C(Br)C1. The Balaban J connectivity index is 2.29. The van der Waals surface area contributed by atoms with Gasteiger partial charge in [0.2, 0.25) is 0 Å². The van der Waals surface area contributed by atoms with Crippen LogP contribution in [-0.4, -0.2) is 19.4 Å². The average molecular weight is 266 g/mol. The molecule has 0 aliphatic carbocycles. The highest BCUT2D eigenvalue weighted by Crippen LogP contribution is 2.24. The standard InChI is InChI=1S/C12H12BrNO/c13-11-5-3-7-14(8-11)12-6-2-1-4-10(12)9-15/h1-2,4-6,9H,3,7-8H2. The van der Waals surface area contributed by atoms with E-state index in [4.69, 9.17) is 0 Å². The minimum atomic E-state index is 0.764. The van der Waals surface area contributed by atoms with Crippen LogP contribution in [0.25, 0.3) is 0 Å². The molecule has 0 radical (unpaired) electrons. The fourth-order valence-electron chi connectivity index (χ4n) is 1.78. The number of nitrogens with zero attached hydrogens (tertiary/aromatic N) is 1. The Hall–Kier alpha value is -1.09. The van der Waals surface area contributed by atoms with Crippen LogP contribution >= 0.6 is 15.9 Å². The fourth-order valence-corrected chi connectivity index (χ4v) is 2.32. The lowest BCUT2D eigenvalue weighted by Gasteiger charge is -2.28. The van der Waals surface area contributed by atoms with Gasteiger partial charge in [0.05, 0.1) is 0 Å². The first-order chi connectivity index (χ1) is 7.31. The van der Waals surface area contributed by atoms with E-state index in [0.29, 0.717) is 0 Å². The molecule has 2 nitrogen and oxygen atoms in total. The van der Waals surface area contributed by atoms with Crippen LogP contribution in [0, 0.1) is 0 Å². The van der Waals surface area contributed by atoms with E-state index in [2.05, 4.69) is 26.9 Å². The van der Waals surface area contributed by atoms with Gasteiger partial charge in [0.1, 0.15) is 0 Å². The largest absolute Gasteiger partial charge is 0.366 e. The zero-order valence-corrected chi connectivity index (χ0v) is 9.90. The summed E-state index contributed by atoms with van der Waals surface area (Å²) in [5.74, 6) is 0. The van der Waals surface area contributed by atoms with Crippen LogP contribution in [0.4, 0.5) is 5.69 Å². The van der Waals surface area contributed by atoms with E-state index < -0.39 is 0 Å². The van der Waals surface area contributed by atoms with Crippen LogP contribution in [0.15, 0.2) is 34.8 Å². The molecule has 3 heteroatoms. The summed E-state index contributed by atoms with van der Waals surface area (Å²) in [7, 11) is 0. The third-order valence-electron chi connectivity index (χ3n) is 2.51. The lowest BCUT2D eigenvalue weighted by atomic mass is 10.1. The number of hydrogen-bond donors (Lipinski definition) is 0. The molecular weight excluding hydrogens is 254 g/mol. The smallest absolute Gasteiger partial charge is 0.152 e. The van der Waals surface area contributed by atoms with Crippen LogP contribution in [0.3, 0.4) is 0 Å². The summed E-state index contributed by atoms with van der Waals surface area (Å²) in [6.45, 7) is 1.82. The second kappa shape index (κ2) is 4.62. The molecule has 0 atom stereocenters. The minimum absolute atomic E-state index is 0.764. The fraction of sp³-hybridized carbons (Fsp3) is 0.250. The van der Waals surface area contributed by atoms with Crippen LogP contribution in [0.1, 0.15) is 16.8 Å². The number of hydrogen-bond acceptors (Lipinski definition) is 2. The zero-order valence-electron chi connectivity index (χ0n) is 8.32. The number of benzene rings is 1. The van der Waals surface area contributed by atoms with Gasteiger partial charge in [-0.1, -0.05) is 34.1 Å². The minimum Gasteiger partial charge on any atom is -0.366 e. The van der Waals surface area contributed by atoms with Crippen LogP contribution in [0.2, 0.25) is 0 Å². The van der Waals surface area contributed by atoms with Crippen molar-refractivity contribution < 1.29 is 4.79 Å². The molecule has 1 aromatic rings. The van der Waals surface area contributed by atoms with Crippen molar-refractivity contribution >= 4 is 27.9 Å². The predicted molar refractivity (Wildman–Crippen MR) is 65.7 cm³/mol. The number of rotatable bonds is 2. The van der Waals surface area contributed by atoms with Crippen molar-refractivity contribution in [1.82, 2.24) is 0 Å².